The van der Waals surface area contributed by atoms with Gasteiger partial charge in [0.15, 0.2) is 0 Å². The van der Waals surface area contributed by atoms with Gasteiger partial charge in [-0.05, 0) is 24.1 Å². The lowest BCUT2D eigenvalue weighted by Gasteiger charge is -2.03. The minimum Gasteiger partial charge on any atom is -0.427 e. The summed E-state index contributed by atoms with van der Waals surface area (Å²) in [7, 11) is 0.206. The first kappa shape index (κ1) is 12.0. The molecule has 3 heteroatoms. The second kappa shape index (κ2) is 6.40. The second-order valence-corrected chi connectivity index (χ2v) is 5.40. The van der Waals surface area contributed by atoms with Gasteiger partial charge in [0.25, 0.3) is 0 Å². The van der Waals surface area contributed by atoms with Crippen LogP contribution in [-0.4, -0.2) is 15.5 Å². The third kappa shape index (κ3) is 4.79. The van der Waals surface area contributed by atoms with Crippen molar-refractivity contribution in [1.82, 2.24) is 0 Å². The van der Waals surface area contributed by atoms with Crippen molar-refractivity contribution >= 4 is 15.5 Å². The monoisotopic (exact) mass is 222 g/mol. The molecule has 0 heterocycles. The predicted octanol–water partition coefficient (Wildman–Crippen LogP) is 2.18. The summed E-state index contributed by atoms with van der Waals surface area (Å²) in [6.07, 6.45) is 2.43. The van der Waals surface area contributed by atoms with Crippen LogP contribution in [0.15, 0.2) is 24.3 Å². The van der Waals surface area contributed by atoms with Crippen LogP contribution in [0.2, 0.25) is 12.6 Å². The van der Waals surface area contributed by atoms with Gasteiger partial charge in [-0.1, -0.05) is 31.1 Å². The molecule has 82 valence electrons. The van der Waals surface area contributed by atoms with Crippen LogP contribution in [-0.2, 0) is 11.2 Å². The number of ether oxygens (including phenoxy) is 1. The fourth-order valence-corrected chi connectivity index (χ4v) is 2.22. The summed E-state index contributed by atoms with van der Waals surface area (Å²) in [5.41, 5.74) is 1.33. The van der Waals surface area contributed by atoms with Crippen molar-refractivity contribution in [2.75, 3.05) is 0 Å². The average Bonchev–Trinajstić information content (AvgIpc) is 2.20. The van der Waals surface area contributed by atoms with Crippen molar-refractivity contribution in [2.24, 2.45) is 0 Å². The SMILES string of the molecule is C[SiH2]CCCc1ccc(OC(C)=O)cc1. The number of esters is 1. The van der Waals surface area contributed by atoms with Crippen molar-refractivity contribution < 1.29 is 9.53 Å². The molecule has 1 aromatic rings. The van der Waals surface area contributed by atoms with Gasteiger partial charge in [0.05, 0.1) is 0 Å². The summed E-state index contributed by atoms with van der Waals surface area (Å²) >= 11 is 0. The lowest BCUT2D eigenvalue weighted by Crippen LogP contribution is -2.01. The summed E-state index contributed by atoms with van der Waals surface area (Å²) in [6, 6.07) is 9.21. The van der Waals surface area contributed by atoms with Gasteiger partial charge in [0, 0.05) is 16.4 Å². The van der Waals surface area contributed by atoms with Crippen molar-refractivity contribution in [3.8, 4) is 5.75 Å². The topological polar surface area (TPSA) is 26.3 Å². The first-order valence-electron chi connectivity index (χ1n) is 5.49. The molecule has 0 N–H and O–H groups in total. The van der Waals surface area contributed by atoms with E-state index in [0.717, 1.165) is 6.42 Å². The van der Waals surface area contributed by atoms with Gasteiger partial charge in [-0.2, -0.15) is 0 Å². The molecule has 0 bridgehead atoms. The zero-order valence-electron chi connectivity index (χ0n) is 9.45. The average molecular weight is 222 g/mol. The van der Waals surface area contributed by atoms with Crippen LogP contribution in [0, 0.1) is 0 Å². The van der Waals surface area contributed by atoms with E-state index in [1.807, 2.05) is 24.3 Å². The van der Waals surface area contributed by atoms with E-state index in [-0.39, 0.29) is 15.5 Å². The molecular weight excluding hydrogens is 204 g/mol. The Morgan fingerprint density at radius 1 is 1.33 bits per heavy atom. The summed E-state index contributed by atoms with van der Waals surface area (Å²) in [6.45, 7) is 3.75. The van der Waals surface area contributed by atoms with Crippen LogP contribution < -0.4 is 4.74 Å². The highest BCUT2D eigenvalue weighted by Crippen LogP contribution is 2.14. The highest BCUT2D eigenvalue weighted by Gasteiger charge is 1.98. The van der Waals surface area contributed by atoms with Crippen molar-refractivity contribution in [3.05, 3.63) is 29.8 Å². The predicted molar refractivity (Wildman–Crippen MR) is 65.3 cm³/mol. The normalized spacial score (nSPS) is 10.8. The van der Waals surface area contributed by atoms with Gasteiger partial charge in [0.2, 0.25) is 0 Å². The Morgan fingerprint density at radius 2 is 2.00 bits per heavy atom. The fraction of sp³-hybridized carbons (Fsp3) is 0.417. The largest absolute Gasteiger partial charge is 0.427 e. The maximum absolute atomic E-state index is 10.7. The molecule has 0 fully saturated rings. The van der Waals surface area contributed by atoms with Crippen LogP contribution in [0.4, 0.5) is 0 Å². The Hall–Kier alpha value is -1.09. The molecule has 0 spiro atoms. The van der Waals surface area contributed by atoms with E-state index in [9.17, 15) is 4.79 Å². The number of benzene rings is 1. The Balaban J connectivity index is 2.45. The number of carbonyl (C=O) groups is 1. The smallest absolute Gasteiger partial charge is 0.308 e. The third-order valence-electron chi connectivity index (χ3n) is 2.25. The first-order valence-corrected chi connectivity index (χ1v) is 7.91. The van der Waals surface area contributed by atoms with Gasteiger partial charge in [0.1, 0.15) is 5.75 Å². The van der Waals surface area contributed by atoms with E-state index in [1.54, 1.807) is 0 Å². The number of hydrogen-bond donors (Lipinski definition) is 0. The molecule has 0 atom stereocenters. The van der Waals surface area contributed by atoms with Gasteiger partial charge in [-0.3, -0.25) is 4.79 Å². The van der Waals surface area contributed by atoms with Crippen LogP contribution in [0.25, 0.3) is 0 Å². The number of hydrogen-bond acceptors (Lipinski definition) is 2. The molecule has 1 aromatic carbocycles. The van der Waals surface area contributed by atoms with Gasteiger partial charge in [-0.25, -0.2) is 0 Å². The molecule has 0 radical (unpaired) electrons. The molecule has 15 heavy (non-hydrogen) atoms. The van der Waals surface area contributed by atoms with E-state index in [1.165, 1.54) is 25.0 Å². The molecule has 0 aliphatic rings. The molecule has 0 aromatic heterocycles. The summed E-state index contributed by atoms with van der Waals surface area (Å²) < 4.78 is 4.96. The molecule has 1 rings (SSSR count). The van der Waals surface area contributed by atoms with Gasteiger partial charge >= 0.3 is 5.97 Å². The standard InChI is InChI=1S/C12H18O2Si/c1-10(13)14-12-7-5-11(6-8-12)4-3-9-15-2/h5-8H,3-4,9,15H2,1-2H3. The minimum atomic E-state index is -0.264. The first-order chi connectivity index (χ1) is 7.22. The number of carbonyl (C=O) groups excluding carboxylic acids is 1. The fourth-order valence-electron chi connectivity index (χ4n) is 1.47. The van der Waals surface area contributed by atoms with Crippen LogP contribution in [0.1, 0.15) is 18.9 Å². The van der Waals surface area contributed by atoms with Crippen molar-refractivity contribution in [2.45, 2.75) is 32.4 Å². The van der Waals surface area contributed by atoms with E-state index in [2.05, 4.69) is 6.55 Å². The highest BCUT2D eigenvalue weighted by molar-refractivity contribution is 6.33. The molecule has 2 nitrogen and oxygen atoms in total. The van der Waals surface area contributed by atoms with Crippen molar-refractivity contribution in [1.29, 1.82) is 0 Å². The maximum atomic E-state index is 10.7. The Bertz CT molecular complexity index is 306. The minimum absolute atomic E-state index is 0.206. The number of rotatable bonds is 5. The van der Waals surface area contributed by atoms with E-state index < -0.39 is 0 Å². The number of aryl methyl sites for hydroxylation is 1. The van der Waals surface area contributed by atoms with Crippen LogP contribution in [0.5, 0.6) is 5.75 Å². The van der Waals surface area contributed by atoms with Crippen LogP contribution in [0.3, 0.4) is 0 Å². The molecular formula is C12H18O2Si. The van der Waals surface area contributed by atoms with Gasteiger partial charge in [-0.15, -0.1) is 0 Å². The summed E-state index contributed by atoms with van der Waals surface area (Å²) in [5, 5.41) is 0. The molecule has 0 unspecified atom stereocenters. The Kier molecular flexibility index (Phi) is 5.11. The molecule has 0 aliphatic heterocycles. The highest BCUT2D eigenvalue weighted by atomic mass is 28.2. The zero-order valence-corrected chi connectivity index (χ0v) is 10.9. The molecule has 0 aliphatic carbocycles. The molecule has 0 saturated heterocycles. The lowest BCUT2D eigenvalue weighted by atomic mass is 10.1. The van der Waals surface area contributed by atoms with E-state index >= 15 is 0 Å². The summed E-state index contributed by atoms with van der Waals surface area (Å²) in [4.78, 5) is 10.7. The van der Waals surface area contributed by atoms with E-state index in [4.69, 9.17) is 4.74 Å². The Morgan fingerprint density at radius 3 is 2.53 bits per heavy atom. The van der Waals surface area contributed by atoms with Crippen LogP contribution >= 0.6 is 0 Å². The molecule has 0 amide bonds. The van der Waals surface area contributed by atoms with Gasteiger partial charge < -0.3 is 4.74 Å². The lowest BCUT2D eigenvalue weighted by molar-refractivity contribution is -0.131. The molecule has 0 saturated carbocycles. The van der Waals surface area contributed by atoms with E-state index in [0.29, 0.717) is 5.75 Å². The zero-order chi connectivity index (χ0) is 11.1. The quantitative estimate of drug-likeness (QED) is 0.330. The summed E-state index contributed by atoms with van der Waals surface area (Å²) in [5.74, 6) is 0.371. The third-order valence-corrected chi connectivity index (χ3v) is 3.46. The maximum Gasteiger partial charge on any atom is 0.308 e. The second-order valence-electron chi connectivity index (χ2n) is 3.69. The Labute approximate surface area is 93.5 Å². The van der Waals surface area contributed by atoms with Crippen molar-refractivity contribution in [3.63, 3.8) is 0 Å².